The first-order valence-electron chi connectivity index (χ1n) is 8.44. The Balaban J connectivity index is 1.95. The second-order valence-corrected chi connectivity index (χ2v) is 6.88. The topological polar surface area (TPSA) is 46.8 Å². The molecule has 1 aliphatic heterocycles. The van der Waals surface area contributed by atoms with Gasteiger partial charge in [-0.1, -0.05) is 17.7 Å². The Bertz CT molecular complexity index is 1110. The number of ether oxygens (including phenoxy) is 1. The fraction of sp³-hybridized carbons (Fsp3) is 0.263. The van der Waals surface area contributed by atoms with Crippen LogP contribution in [0.25, 0.3) is 16.6 Å². The lowest BCUT2D eigenvalue weighted by atomic mass is 9.96. The van der Waals surface area contributed by atoms with Crippen LogP contribution in [0, 0.1) is 0 Å². The zero-order valence-corrected chi connectivity index (χ0v) is 15.7. The number of halogens is 4. The van der Waals surface area contributed by atoms with Crippen molar-refractivity contribution in [3.63, 3.8) is 0 Å². The Labute approximate surface area is 163 Å². The molecular weight excluding hydrogens is 395 g/mol. The van der Waals surface area contributed by atoms with Gasteiger partial charge in [0.15, 0.2) is 5.69 Å². The van der Waals surface area contributed by atoms with Gasteiger partial charge < -0.3 is 9.64 Å². The first kappa shape index (κ1) is 18.6. The van der Waals surface area contributed by atoms with E-state index in [1.54, 1.807) is 36.2 Å². The van der Waals surface area contributed by atoms with E-state index in [9.17, 15) is 18.0 Å². The molecule has 28 heavy (non-hydrogen) atoms. The molecule has 0 N–H and O–H groups in total. The molecule has 0 spiro atoms. The number of rotatable bonds is 2. The molecule has 5 nitrogen and oxygen atoms in total. The average molecular weight is 410 g/mol. The monoisotopic (exact) mass is 409 g/mol. The number of benzene rings is 1. The summed E-state index contributed by atoms with van der Waals surface area (Å²) in [5.41, 5.74) is 1.87. The standard InChI is InChI=1S/C19H15ClF3N3O2/c1-25-13-6-3-10(9-11(13)4-7-14(25)27)12-5-8-15(28-2)26-17(12)16(20)18(24-26)19(21,22)23/h3,5-6,8-9H,4,7H2,1-2H3. The number of aryl methyl sites for hydroxylation is 1. The van der Waals surface area contributed by atoms with Crippen molar-refractivity contribution in [2.45, 2.75) is 19.0 Å². The molecule has 146 valence electrons. The van der Waals surface area contributed by atoms with E-state index in [1.165, 1.54) is 7.11 Å². The Morgan fingerprint density at radius 3 is 2.61 bits per heavy atom. The number of pyridine rings is 1. The van der Waals surface area contributed by atoms with E-state index in [0.717, 1.165) is 15.8 Å². The summed E-state index contributed by atoms with van der Waals surface area (Å²) in [4.78, 5) is 13.5. The van der Waals surface area contributed by atoms with E-state index in [1.807, 2.05) is 6.07 Å². The minimum atomic E-state index is -4.69. The van der Waals surface area contributed by atoms with Crippen LogP contribution in [0.5, 0.6) is 5.88 Å². The number of amides is 1. The lowest BCUT2D eigenvalue weighted by Crippen LogP contribution is -2.30. The molecule has 9 heteroatoms. The summed E-state index contributed by atoms with van der Waals surface area (Å²) in [5, 5.41) is 3.15. The predicted octanol–water partition coefficient (Wildman–Crippen LogP) is 4.59. The third-order valence-corrected chi connectivity index (χ3v) is 5.25. The van der Waals surface area contributed by atoms with E-state index < -0.39 is 16.9 Å². The van der Waals surface area contributed by atoms with Crippen LogP contribution in [0.2, 0.25) is 5.02 Å². The zero-order valence-electron chi connectivity index (χ0n) is 15.0. The minimum absolute atomic E-state index is 0.0285. The molecule has 0 radical (unpaired) electrons. The lowest BCUT2D eigenvalue weighted by Gasteiger charge is -2.26. The van der Waals surface area contributed by atoms with Gasteiger partial charge in [0.2, 0.25) is 11.8 Å². The predicted molar refractivity (Wildman–Crippen MR) is 98.9 cm³/mol. The maximum absolute atomic E-state index is 13.3. The van der Waals surface area contributed by atoms with Crippen LogP contribution in [-0.2, 0) is 17.4 Å². The highest BCUT2D eigenvalue weighted by molar-refractivity contribution is 6.35. The highest BCUT2D eigenvalue weighted by Gasteiger charge is 2.38. The number of methoxy groups -OCH3 is 1. The summed E-state index contributed by atoms with van der Waals surface area (Å²) in [7, 11) is 3.05. The van der Waals surface area contributed by atoms with Crippen molar-refractivity contribution in [2.24, 2.45) is 0 Å². The summed E-state index contributed by atoms with van der Waals surface area (Å²) in [6, 6.07) is 8.61. The molecule has 0 saturated heterocycles. The van der Waals surface area contributed by atoms with Gasteiger partial charge in [-0.15, -0.1) is 0 Å². The highest BCUT2D eigenvalue weighted by atomic mass is 35.5. The summed E-state index contributed by atoms with van der Waals surface area (Å²) in [6.45, 7) is 0. The first-order valence-corrected chi connectivity index (χ1v) is 8.82. The highest BCUT2D eigenvalue weighted by Crippen LogP contribution is 2.41. The smallest absolute Gasteiger partial charge is 0.436 e. The SMILES string of the molecule is COc1ccc(-c2ccc3c(c2)CCC(=O)N3C)c2c(Cl)c(C(F)(F)F)nn12. The second-order valence-electron chi connectivity index (χ2n) is 6.51. The number of fused-ring (bicyclic) bond motifs is 2. The van der Waals surface area contributed by atoms with Crippen molar-refractivity contribution in [1.29, 1.82) is 0 Å². The van der Waals surface area contributed by atoms with E-state index in [0.29, 0.717) is 24.0 Å². The van der Waals surface area contributed by atoms with Crippen molar-refractivity contribution in [3.8, 4) is 17.0 Å². The fourth-order valence-electron chi connectivity index (χ4n) is 3.49. The Morgan fingerprint density at radius 2 is 1.93 bits per heavy atom. The Morgan fingerprint density at radius 1 is 1.18 bits per heavy atom. The summed E-state index contributed by atoms with van der Waals surface area (Å²) >= 11 is 6.10. The number of anilines is 1. The largest absolute Gasteiger partial charge is 0.481 e. The number of nitrogens with zero attached hydrogens (tertiary/aromatic N) is 3. The van der Waals surface area contributed by atoms with Gasteiger partial charge in [0.25, 0.3) is 0 Å². The van der Waals surface area contributed by atoms with Crippen molar-refractivity contribution in [3.05, 3.63) is 46.6 Å². The molecule has 1 aliphatic rings. The van der Waals surface area contributed by atoms with E-state index in [2.05, 4.69) is 5.10 Å². The van der Waals surface area contributed by atoms with Gasteiger partial charge in [-0.25, -0.2) is 0 Å². The molecule has 0 atom stereocenters. The summed E-state index contributed by atoms with van der Waals surface area (Å²) in [6.07, 6.45) is -3.74. The van der Waals surface area contributed by atoms with Gasteiger partial charge >= 0.3 is 6.18 Å². The van der Waals surface area contributed by atoms with E-state index >= 15 is 0 Å². The molecule has 3 aromatic rings. The third kappa shape index (κ3) is 2.79. The Hall–Kier alpha value is -2.74. The second kappa shape index (κ2) is 6.41. The van der Waals surface area contributed by atoms with E-state index in [-0.39, 0.29) is 17.3 Å². The van der Waals surface area contributed by atoms with Crippen molar-refractivity contribution in [1.82, 2.24) is 9.61 Å². The molecule has 2 aromatic heterocycles. The van der Waals surface area contributed by atoms with Crippen LogP contribution in [0.15, 0.2) is 30.3 Å². The van der Waals surface area contributed by atoms with Gasteiger partial charge in [-0.05, 0) is 35.7 Å². The molecule has 3 heterocycles. The number of hydrogen-bond acceptors (Lipinski definition) is 3. The molecule has 0 unspecified atom stereocenters. The number of aromatic nitrogens is 2. The molecule has 0 saturated carbocycles. The quantitative estimate of drug-likeness (QED) is 0.622. The summed E-state index contributed by atoms with van der Waals surface area (Å²) < 4.78 is 46.2. The summed E-state index contributed by atoms with van der Waals surface area (Å²) in [5.74, 6) is 0.167. The van der Waals surface area contributed by atoms with Gasteiger partial charge in [0.1, 0.15) is 0 Å². The minimum Gasteiger partial charge on any atom is -0.481 e. The molecule has 1 amide bonds. The Kier molecular flexibility index (Phi) is 4.26. The van der Waals surface area contributed by atoms with Crippen LogP contribution in [-0.4, -0.2) is 29.7 Å². The molecule has 0 fully saturated rings. The normalized spacial score (nSPS) is 14.5. The number of hydrogen-bond donors (Lipinski definition) is 0. The van der Waals surface area contributed by atoms with Crippen LogP contribution < -0.4 is 9.64 Å². The molecule has 0 bridgehead atoms. The van der Waals surface area contributed by atoms with Gasteiger partial charge in [-0.3, -0.25) is 4.79 Å². The third-order valence-electron chi connectivity index (χ3n) is 4.90. The van der Waals surface area contributed by atoms with Crippen LogP contribution in [0.4, 0.5) is 18.9 Å². The van der Waals surface area contributed by atoms with Gasteiger partial charge in [0.05, 0.1) is 17.6 Å². The van der Waals surface area contributed by atoms with E-state index in [4.69, 9.17) is 16.3 Å². The first-order chi connectivity index (χ1) is 13.2. The van der Waals surface area contributed by atoms with Crippen molar-refractivity contribution < 1.29 is 22.7 Å². The maximum Gasteiger partial charge on any atom is 0.436 e. The fourth-order valence-corrected chi connectivity index (χ4v) is 3.81. The number of alkyl halides is 3. The van der Waals surface area contributed by atoms with Crippen molar-refractivity contribution in [2.75, 3.05) is 19.1 Å². The van der Waals surface area contributed by atoms with Gasteiger partial charge in [-0.2, -0.15) is 22.8 Å². The van der Waals surface area contributed by atoms with Crippen molar-refractivity contribution >= 4 is 28.7 Å². The maximum atomic E-state index is 13.3. The zero-order chi connectivity index (χ0) is 20.2. The van der Waals surface area contributed by atoms with Crippen LogP contribution in [0.1, 0.15) is 17.7 Å². The number of carbonyl (C=O) groups is 1. The average Bonchev–Trinajstić information content (AvgIpc) is 3.02. The van der Waals surface area contributed by atoms with Crippen LogP contribution in [0.3, 0.4) is 0 Å². The molecular formula is C19H15ClF3N3O2. The molecule has 4 rings (SSSR count). The lowest BCUT2D eigenvalue weighted by molar-refractivity contribution is -0.141. The van der Waals surface area contributed by atoms with Gasteiger partial charge in [0, 0.05) is 30.8 Å². The number of carbonyl (C=O) groups excluding carboxylic acids is 1. The molecule has 0 aliphatic carbocycles. The molecule has 1 aromatic carbocycles. The van der Waals surface area contributed by atoms with Crippen LogP contribution >= 0.6 is 11.6 Å².